The van der Waals surface area contributed by atoms with E-state index in [4.69, 9.17) is 0 Å². The van der Waals surface area contributed by atoms with Crippen LogP contribution < -0.4 is 0 Å². The lowest BCUT2D eigenvalue weighted by Crippen LogP contribution is -1.69. The molecular formula is C8H10S2. The highest BCUT2D eigenvalue weighted by Gasteiger charge is 1.91. The molecule has 0 bridgehead atoms. The highest BCUT2D eigenvalue weighted by molar-refractivity contribution is 7.80. The molecule has 0 atom stereocenters. The largest absolute Gasteiger partial charge is 0.175 e. The van der Waals surface area contributed by atoms with E-state index in [-0.39, 0.29) is 0 Å². The molecule has 2 heteroatoms. The maximum absolute atomic E-state index is 4.08. The molecule has 0 aliphatic carbocycles. The quantitative estimate of drug-likeness (QED) is 0.648. The van der Waals surface area contributed by atoms with Crippen LogP contribution in [0.5, 0.6) is 0 Å². The summed E-state index contributed by atoms with van der Waals surface area (Å²) in [5, 5.41) is 4.30. The Bertz CT molecular complexity index is 223. The van der Waals surface area contributed by atoms with Gasteiger partial charge in [0.05, 0.1) is 0 Å². The summed E-state index contributed by atoms with van der Waals surface area (Å²) in [5.41, 5.74) is 2.67. The van der Waals surface area contributed by atoms with Crippen molar-refractivity contribution in [3.05, 3.63) is 28.0 Å². The highest BCUT2D eigenvalue weighted by atomic mass is 32.1. The minimum atomic E-state index is 0.815. The second-order valence-corrected chi connectivity index (χ2v) is 3.20. The molecule has 0 fully saturated rings. The molecule has 0 amide bonds. The van der Waals surface area contributed by atoms with Crippen molar-refractivity contribution < 1.29 is 0 Å². The highest BCUT2D eigenvalue weighted by Crippen LogP contribution is 2.14. The Labute approximate surface area is 71.0 Å². The SMILES string of the molecule is Cc1cscc1C=CCS. The summed E-state index contributed by atoms with van der Waals surface area (Å²) >= 11 is 5.82. The normalized spacial score (nSPS) is 11.0. The lowest BCUT2D eigenvalue weighted by atomic mass is 10.2. The molecule has 0 radical (unpaired) electrons. The van der Waals surface area contributed by atoms with E-state index in [1.807, 2.05) is 0 Å². The lowest BCUT2D eigenvalue weighted by molar-refractivity contribution is 1.52. The molecule has 0 saturated carbocycles. The van der Waals surface area contributed by atoms with Gasteiger partial charge in [-0.2, -0.15) is 24.0 Å². The number of rotatable bonds is 2. The van der Waals surface area contributed by atoms with Gasteiger partial charge in [0.25, 0.3) is 0 Å². The van der Waals surface area contributed by atoms with Gasteiger partial charge in [-0.25, -0.2) is 0 Å². The molecule has 0 nitrogen and oxygen atoms in total. The summed E-state index contributed by atoms with van der Waals surface area (Å²) in [7, 11) is 0. The van der Waals surface area contributed by atoms with Gasteiger partial charge < -0.3 is 0 Å². The van der Waals surface area contributed by atoms with Crippen molar-refractivity contribution >= 4 is 30.0 Å². The van der Waals surface area contributed by atoms with Gasteiger partial charge in [-0.05, 0) is 28.8 Å². The van der Waals surface area contributed by atoms with Crippen molar-refractivity contribution in [2.45, 2.75) is 6.92 Å². The number of thiol groups is 1. The Morgan fingerprint density at radius 2 is 2.40 bits per heavy atom. The predicted octanol–water partition coefficient (Wildman–Crippen LogP) is 3.00. The molecule has 1 aromatic heterocycles. The first kappa shape index (κ1) is 7.89. The molecule has 0 aliphatic rings. The first-order valence-corrected chi connectivity index (χ1v) is 4.72. The van der Waals surface area contributed by atoms with Crippen LogP contribution in [0.15, 0.2) is 16.8 Å². The third kappa shape index (κ3) is 1.89. The Morgan fingerprint density at radius 3 is 2.90 bits per heavy atom. The first-order valence-electron chi connectivity index (χ1n) is 3.15. The average Bonchev–Trinajstić information content (AvgIpc) is 2.31. The predicted molar refractivity (Wildman–Crippen MR) is 51.9 cm³/mol. The van der Waals surface area contributed by atoms with E-state index in [0.717, 1.165) is 5.75 Å². The summed E-state index contributed by atoms with van der Waals surface area (Å²) < 4.78 is 0. The molecule has 0 aliphatic heterocycles. The van der Waals surface area contributed by atoms with Crippen molar-refractivity contribution in [1.29, 1.82) is 0 Å². The van der Waals surface area contributed by atoms with E-state index in [0.29, 0.717) is 0 Å². The summed E-state index contributed by atoms with van der Waals surface area (Å²) in [4.78, 5) is 0. The first-order chi connectivity index (χ1) is 4.84. The van der Waals surface area contributed by atoms with Crippen LogP contribution in [0.3, 0.4) is 0 Å². The van der Waals surface area contributed by atoms with Gasteiger partial charge in [0, 0.05) is 5.75 Å². The number of hydrogen-bond acceptors (Lipinski definition) is 2. The van der Waals surface area contributed by atoms with E-state index in [1.165, 1.54) is 11.1 Å². The van der Waals surface area contributed by atoms with Crippen LogP contribution in [0.25, 0.3) is 6.08 Å². The third-order valence-corrected chi connectivity index (χ3v) is 2.39. The molecular weight excluding hydrogens is 160 g/mol. The van der Waals surface area contributed by atoms with Gasteiger partial charge in [0.15, 0.2) is 0 Å². The zero-order valence-corrected chi connectivity index (χ0v) is 7.58. The maximum atomic E-state index is 4.08. The smallest absolute Gasteiger partial charge is 0.00858 e. The Balaban J connectivity index is 2.74. The van der Waals surface area contributed by atoms with Gasteiger partial charge in [0.2, 0.25) is 0 Å². The summed E-state index contributed by atoms with van der Waals surface area (Å²) in [5.74, 6) is 0.815. The van der Waals surface area contributed by atoms with Crippen molar-refractivity contribution in [2.75, 3.05) is 5.75 Å². The lowest BCUT2D eigenvalue weighted by Gasteiger charge is -1.86. The van der Waals surface area contributed by atoms with Gasteiger partial charge in [-0.1, -0.05) is 12.2 Å². The van der Waals surface area contributed by atoms with E-state index >= 15 is 0 Å². The molecule has 1 aromatic rings. The topological polar surface area (TPSA) is 0 Å². The fourth-order valence-electron chi connectivity index (χ4n) is 0.721. The Morgan fingerprint density at radius 1 is 1.60 bits per heavy atom. The van der Waals surface area contributed by atoms with Crippen LogP contribution in [0.4, 0.5) is 0 Å². The fourth-order valence-corrected chi connectivity index (χ4v) is 1.65. The Hall–Kier alpha value is -0.210. The molecule has 0 saturated heterocycles. The molecule has 0 unspecified atom stereocenters. The zero-order valence-electron chi connectivity index (χ0n) is 5.87. The molecule has 0 aromatic carbocycles. The number of aryl methyl sites for hydroxylation is 1. The minimum absolute atomic E-state index is 0.815. The Kier molecular flexibility index (Phi) is 3.03. The molecule has 54 valence electrons. The minimum Gasteiger partial charge on any atom is -0.175 e. The maximum Gasteiger partial charge on any atom is 0.00858 e. The van der Waals surface area contributed by atoms with Crippen molar-refractivity contribution in [3.63, 3.8) is 0 Å². The van der Waals surface area contributed by atoms with Gasteiger partial charge >= 0.3 is 0 Å². The van der Waals surface area contributed by atoms with E-state index in [1.54, 1.807) is 11.3 Å². The van der Waals surface area contributed by atoms with Crippen LogP contribution in [-0.2, 0) is 0 Å². The van der Waals surface area contributed by atoms with Crippen LogP contribution in [0, 0.1) is 6.92 Å². The van der Waals surface area contributed by atoms with Crippen molar-refractivity contribution in [2.24, 2.45) is 0 Å². The molecule has 10 heavy (non-hydrogen) atoms. The van der Waals surface area contributed by atoms with E-state index in [2.05, 4.69) is 42.5 Å². The molecule has 0 spiro atoms. The summed E-state index contributed by atoms with van der Waals surface area (Å²) in [6.07, 6.45) is 4.16. The molecule has 1 heterocycles. The van der Waals surface area contributed by atoms with E-state index < -0.39 is 0 Å². The van der Waals surface area contributed by atoms with Gasteiger partial charge in [-0.15, -0.1) is 0 Å². The zero-order chi connectivity index (χ0) is 7.40. The van der Waals surface area contributed by atoms with Crippen molar-refractivity contribution in [3.8, 4) is 0 Å². The number of thiophene rings is 1. The van der Waals surface area contributed by atoms with Crippen molar-refractivity contribution in [1.82, 2.24) is 0 Å². The molecule has 1 rings (SSSR count). The second kappa shape index (κ2) is 3.84. The van der Waals surface area contributed by atoms with Crippen LogP contribution in [0.1, 0.15) is 11.1 Å². The van der Waals surface area contributed by atoms with E-state index in [9.17, 15) is 0 Å². The monoisotopic (exact) mass is 170 g/mol. The van der Waals surface area contributed by atoms with Gasteiger partial charge in [-0.3, -0.25) is 0 Å². The van der Waals surface area contributed by atoms with Crippen LogP contribution >= 0.6 is 24.0 Å². The molecule has 0 N–H and O–H groups in total. The second-order valence-electron chi connectivity index (χ2n) is 2.10. The summed E-state index contributed by atoms with van der Waals surface area (Å²) in [6, 6.07) is 0. The van der Waals surface area contributed by atoms with Crippen LogP contribution in [0.2, 0.25) is 0 Å². The van der Waals surface area contributed by atoms with Gasteiger partial charge in [0.1, 0.15) is 0 Å². The fraction of sp³-hybridized carbons (Fsp3) is 0.250. The summed E-state index contributed by atoms with van der Waals surface area (Å²) in [6.45, 7) is 2.12. The van der Waals surface area contributed by atoms with Crippen LogP contribution in [-0.4, -0.2) is 5.75 Å². The average molecular weight is 170 g/mol. The number of hydrogen-bond donors (Lipinski definition) is 1. The third-order valence-electron chi connectivity index (χ3n) is 1.30. The standard InChI is InChI=1S/C8H10S2/c1-7-5-10-6-8(7)3-2-4-9/h2-3,5-6,9H,4H2,1H3.